The SMILES string of the molecule is CC(C)Cc1ncc(N)cc1-c1ccncc1. The topological polar surface area (TPSA) is 51.8 Å². The van der Waals surface area contributed by atoms with E-state index in [4.69, 9.17) is 5.73 Å². The quantitative estimate of drug-likeness (QED) is 0.877. The van der Waals surface area contributed by atoms with Gasteiger partial charge >= 0.3 is 0 Å². The molecular weight excluding hydrogens is 210 g/mol. The fourth-order valence-corrected chi connectivity index (χ4v) is 1.84. The Kier molecular flexibility index (Phi) is 3.38. The molecule has 0 saturated carbocycles. The third kappa shape index (κ3) is 2.81. The first-order chi connectivity index (χ1) is 8.16. The Bertz CT molecular complexity index is 492. The highest BCUT2D eigenvalue weighted by Crippen LogP contribution is 2.25. The van der Waals surface area contributed by atoms with Crippen LogP contribution in [0, 0.1) is 5.92 Å². The van der Waals surface area contributed by atoms with Crippen LogP contribution in [0.2, 0.25) is 0 Å². The third-order valence-electron chi connectivity index (χ3n) is 2.58. The molecule has 2 heterocycles. The van der Waals surface area contributed by atoms with Gasteiger partial charge in [-0.25, -0.2) is 0 Å². The Hall–Kier alpha value is -1.90. The second-order valence-corrected chi connectivity index (χ2v) is 4.60. The van der Waals surface area contributed by atoms with E-state index in [1.165, 1.54) is 0 Å². The number of nitrogen functional groups attached to an aromatic ring is 1. The molecule has 0 radical (unpaired) electrons. The van der Waals surface area contributed by atoms with Gasteiger partial charge in [0.05, 0.1) is 11.9 Å². The molecule has 0 aliphatic carbocycles. The summed E-state index contributed by atoms with van der Waals surface area (Å²) >= 11 is 0. The van der Waals surface area contributed by atoms with Crippen molar-refractivity contribution in [3.8, 4) is 11.1 Å². The average molecular weight is 227 g/mol. The predicted octanol–water partition coefficient (Wildman–Crippen LogP) is 2.92. The predicted molar refractivity (Wildman–Crippen MR) is 70.4 cm³/mol. The molecule has 0 fully saturated rings. The lowest BCUT2D eigenvalue weighted by Crippen LogP contribution is -2.01. The van der Waals surface area contributed by atoms with Crippen molar-refractivity contribution in [3.05, 3.63) is 42.5 Å². The molecule has 2 aromatic rings. The van der Waals surface area contributed by atoms with Crippen molar-refractivity contribution in [2.24, 2.45) is 5.92 Å². The van der Waals surface area contributed by atoms with Gasteiger partial charge in [0.25, 0.3) is 0 Å². The number of aromatic nitrogens is 2. The van der Waals surface area contributed by atoms with Crippen LogP contribution in [0.5, 0.6) is 0 Å². The molecule has 0 saturated heterocycles. The number of anilines is 1. The number of pyridine rings is 2. The van der Waals surface area contributed by atoms with Gasteiger partial charge in [-0.2, -0.15) is 0 Å². The number of nitrogens with two attached hydrogens (primary N) is 1. The molecule has 2 aromatic heterocycles. The van der Waals surface area contributed by atoms with E-state index in [1.807, 2.05) is 18.2 Å². The van der Waals surface area contributed by atoms with Crippen molar-refractivity contribution < 1.29 is 0 Å². The standard InChI is InChI=1S/C14H17N3/c1-10(2)7-14-13(8-12(15)9-17-14)11-3-5-16-6-4-11/h3-6,8-10H,7,15H2,1-2H3. The van der Waals surface area contributed by atoms with Gasteiger partial charge in [0.15, 0.2) is 0 Å². The molecule has 17 heavy (non-hydrogen) atoms. The van der Waals surface area contributed by atoms with Crippen LogP contribution in [0.3, 0.4) is 0 Å². The van der Waals surface area contributed by atoms with Crippen LogP contribution in [-0.2, 0) is 6.42 Å². The van der Waals surface area contributed by atoms with Crippen molar-refractivity contribution in [3.63, 3.8) is 0 Å². The van der Waals surface area contributed by atoms with E-state index >= 15 is 0 Å². The summed E-state index contributed by atoms with van der Waals surface area (Å²) in [6, 6.07) is 5.96. The summed E-state index contributed by atoms with van der Waals surface area (Å²) in [5.41, 5.74) is 9.85. The number of nitrogens with zero attached hydrogens (tertiary/aromatic N) is 2. The Morgan fingerprint density at radius 3 is 2.59 bits per heavy atom. The first-order valence-corrected chi connectivity index (χ1v) is 5.81. The Morgan fingerprint density at radius 2 is 1.94 bits per heavy atom. The van der Waals surface area contributed by atoms with Gasteiger partial charge in [-0.3, -0.25) is 9.97 Å². The second-order valence-electron chi connectivity index (χ2n) is 4.60. The maximum atomic E-state index is 5.82. The highest BCUT2D eigenvalue weighted by Gasteiger charge is 2.08. The van der Waals surface area contributed by atoms with Gasteiger partial charge in [-0.1, -0.05) is 13.8 Å². The molecule has 2 rings (SSSR count). The average Bonchev–Trinajstić information content (AvgIpc) is 2.32. The zero-order valence-corrected chi connectivity index (χ0v) is 10.2. The van der Waals surface area contributed by atoms with Gasteiger partial charge < -0.3 is 5.73 Å². The number of rotatable bonds is 3. The van der Waals surface area contributed by atoms with Crippen molar-refractivity contribution in [1.82, 2.24) is 9.97 Å². The second kappa shape index (κ2) is 4.95. The van der Waals surface area contributed by atoms with Crippen molar-refractivity contribution in [1.29, 1.82) is 0 Å². The van der Waals surface area contributed by atoms with E-state index in [1.54, 1.807) is 18.6 Å². The minimum absolute atomic E-state index is 0.576. The molecule has 0 unspecified atom stereocenters. The summed E-state index contributed by atoms with van der Waals surface area (Å²) < 4.78 is 0. The zero-order chi connectivity index (χ0) is 12.3. The summed E-state index contributed by atoms with van der Waals surface area (Å²) in [6.07, 6.45) is 6.26. The lowest BCUT2D eigenvalue weighted by molar-refractivity contribution is 0.636. The van der Waals surface area contributed by atoms with Crippen LogP contribution in [-0.4, -0.2) is 9.97 Å². The van der Waals surface area contributed by atoms with Gasteiger partial charge in [-0.15, -0.1) is 0 Å². The summed E-state index contributed by atoms with van der Waals surface area (Å²) in [6.45, 7) is 4.38. The Balaban J connectivity index is 2.47. The molecule has 2 N–H and O–H groups in total. The molecule has 0 amide bonds. The van der Waals surface area contributed by atoms with Crippen LogP contribution in [0.4, 0.5) is 5.69 Å². The van der Waals surface area contributed by atoms with Gasteiger partial charge in [0, 0.05) is 23.7 Å². The highest BCUT2D eigenvalue weighted by atomic mass is 14.7. The summed E-state index contributed by atoms with van der Waals surface area (Å²) in [7, 11) is 0. The van der Waals surface area contributed by atoms with Crippen molar-refractivity contribution in [2.45, 2.75) is 20.3 Å². The molecule has 3 nitrogen and oxygen atoms in total. The molecule has 0 bridgehead atoms. The van der Waals surface area contributed by atoms with Crippen molar-refractivity contribution >= 4 is 5.69 Å². The number of hydrogen-bond donors (Lipinski definition) is 1. The fourth-order valence-electron chi connectivity index (χ4n) is 1.84. The number of hydrogen-bond acceptors (Lipinski definition) is 3. The van der Waals surface area contributed by atoms with E-state index < -0.39 is 0 Å². The van der Waals surface area contributed by atoms with E-state index in [9.17, 15) is 0 Å². The summed E-state index contributed by atoms with van der Waals surface area (Å²) in [5, 5.41) is 0. The maximum absolute atomic E-state index is 5.82. The van der Waals surface area contributed by atoms with Crippen LogP contribution < -0.4 is 5.73 Å². The van der Waals surface area contributed by atoms with Crippen LogP contribution in [0.15, 0.2) is 36.8 Å². The van der Waals surface area contributed by atoms with Crippen molar-refractivity contribution in [2.75, 3.05) is 5.73 Å². The lowest BCUT2D eigenvalue weighted by atomic mass is 9.98. The van der Waals surface area contributed by atoms with E-state index in [0.29, 0.717) is 11.6 Å². The minimum atomic E-state index is 0.576. The molecule has 88 valence electrons. The monoisotopic (exact) mass is 227 g/mol. The van der Waals surface area contributed by atoms with Gasteiger partial charge in [0.2, 0.25) is 0 Å². The zero-order valence-electron chi connectivity index (χ0n) is 10.2. The molecule has 0 aliphatic heterocycles. The van der Waals surface area contributed by atoms with Crippen LogP contribution >= 0.6 is 0 Å². The normalized spacial score (nSPS) is 10.8. The maximum Gasteiger partial charge on any atom is 0.0507 e. The molecule has 3 heteroatoms. The first kappa shape index (κ1) is 11.6. The van der Waals surface area contributed by atoms with E-state index in [0.717, 1.165) is 23.2 Å². The van der Waals surface area contributed by atoms with E-state index in [-0.39, 0.29) is 0 Å². The fraction of sp³-hybridized carbons (Fsp3) is 0.286. The molecule has 0 atom stereocenters. The molecule has 0 spiro atoms. The van der Waals surface area contributed by atoms with Crippen LogP contribution in [0.1, 0.15) is 19.5 Å². The summed E-state index contributed by atoms with van der Waals surface area (Å²) in [5.74, 6) is 0.576. The van der Waals surface area contributed by atoms with Crippen LogP contribution in [0.25, 0.3) is 11.1 Å². The Labute approximate surface area is 102 Å². The van der Waals surface area contributed by atoms with Gasteiger partial charge in [-0.05, 0) is 36.1 Å². The molecule has 0 aliphatic rings. The largest absolute Gasteiger partial charge is 0.397 e. The highest BCUT2D eigenvalue weighted by molar-refractivity contribution is 5.68. The van der Waals surface area contributed by atoms with Gasteiger partial charge in [0.1, 0.15) is 0 Å². The summed E-state index contributed by atoms with van der Waals surface area (Å²) in [4.78, 5) is 8.48. The first-order valence-electron chi connectivity index (χ1n) is 5.81. The lowest BCUT2D eigenvalue weighted by Gasteiger charge is -2.11. The minimum Gasteiger partial charge on any atom is -0.397 e. The molecule has 0 aromatic carbocycles. The third-order valence-corrected chi connectivity index (χ3v) is 2.58. The Morgan fingerprint density at radius 1 is 1.24 bits per heavy atom. The molecular formula is C14H17N3. The van der Waals surface area contributed by atoms with E-state index in [2.05, 4.69) is 23.8 Å². The smallest absolute Gasteiger partial charge is 0.0507 e.